The minimum atomic E-state index is -3.02. The maximum absolute atomic E-state index is 11.4. The van der Waals surface area contributed by atoms with E-state index in [1.807, 2.05) is 0 Å². The first-order valence-corrected chi connectivity index (χ1v) is 9.25. The van der Waals surface area contributed by atoms with Crippen LogP contribution in [0.5, 0.6) is 0 Å². The fourth-order valence-electron chi connectivity index (χ4n) is 3.25. The Morgan fingerprint density at radius 2 is 1.68 bits per heavy atom. The van der Waals surface area contributed by atoms with E-state index in [9.17, 15) is 8.42 Å². The van der Waals surface area contributed by atoms with Crippen LogP contribution in [-0.2, 0) is 10.0 Å². The highest BCUT2D eigenvalue weighted by Crippen LogP contribution is 2.26. The Kier molecular flexibility index (Phi) is 5.22. The number of rotatable bonds is 4. The normalized spacial score (nSPS) is 26.4. The standard InChI is InChI=1S/C13H27N3O2S/c1-19(17,18)16-9-7-15(8-10-16)11-13(14)12-5-3-2-4-6-12/h12-13H,2-11,14H2,1H3. The van der Waals surface area contributed by atoms with Gasteiger partial charge >= 0.3 is 0 Å². The maximum Gasteiger partial charge on any atom is 0.211 e. The van der Waals surface area contributed by atoms with Crippen LogP contribution in [0.25, 0.3) is 0 Å². The topological polar surface area (TPSA) is 66.6 Å². The second kappa shape index (κ2) is 6.52. The molecule has 2 N–H and O–H groups in total. The molecule has 2 aliphatic rings. The van der Waals surface area contributed by atoms with Crippen LogP contribution >= 0.6 is 0 Å². The molecule has 1 heterocycles. The number of nitrogens with two attached hydrogens (primary N) is 1. The molecule has 0 amide bonds. The summed E-state index contributed by atoms with van der Waals surface area (Å²) in [6.45, 7) is 3.76. The van der Waals surface area contributed by atoms with Gasteiger partial charge in [-0.2, -0.15) is 4.31 Å². The number of nitrogens with zero attached hydrogens (tertiary/aromatic N) is 2. The lowest BCUT2D eigenvalue weighted by molar-refractivity contribution is 0.157. The van der Waals surface area contributed by atoms with Gasteiger partial charge in [-0.25, -0.2) is 8.42 Å². The number of hydrogen-bond acceptors (Lipinski definition) is 4. The summed E-state index contributed by atoms with van der Waals surface area (Å²) in [7, 11) is -3.02. The van der Waals surface area contributed by atoms with Crippen molar-refractivity contribution in [2.75, 3.05) is 39.0 Å². The smallest absolute Gasteiger partial charge is 0.211 e. The molecule has 0 bridgehead atoms. The quantitative estimate of drug-likeness (QED) is 0.817. The highest BCUT2D eigenvalue weighted by atomic mass is 32.2. The van der Waals surface area contributed by atoms with Gasteiger partial charge in [0.15, 0.2) is 0 Å². The first-order chi connectivity index (χ1) is 8.97. The lowest BCUT2D eigenvalue weighted by atomic mass is 9.84. The molecule has 112 valence electrons. The third-order valence-electron chi connectivity index (χ3n) is 4.52. The second-order valence-electron chi connectivity index (χ2n) is 6.02. The third-order valence-corrected chi connectivity index (χ3v) is 5.83. The minimum Gasteiger partial charge on any atom is -0.326 e. The number of sulfonamides is 1. The molecule has 1 saturated heterocycles. The Balaban J connectivity index is 1.75. The molecule has 0 aromatic heterocycles. The molecule has 5 nitrogen and oxygen atoms in total. The Labute approximate surface area is 117 Å². The van der Waals surface area contributed by atoms with Gasteiger partial charge in [0.25, 0.3) is 0 Å². The van der Waals surface area contributed by atoms with E-state index in [-0.39, 0.29) is 6.04 Å². The number of hydrogen-bond donors (Lipinski definition) is 1. The van der Waals surface area contributed by atoms with Gasteiger partial charge in [-0.15, -0.1) is 0 Å². The summed E-state index contributed by atoms with van der Waals surface area (Å²) in [5.74, 6) is 0.668. The molecule has 2 rings (SSSR count). The fraction of sp³-hybridized carbons (Fsp3) is 1.00. The fourth-order valence-corrected chi connectivity index (χ4v) is 4.08. The third kappa shape index (κ3) is 4.41. The Bertz CT molecular complexity index is 371. The Morgan fingerprint density at radius 1 is 1.11 bits per heavy atom. The zero-order valence-corrected chi connectivity index (χ0v) is 12.7. The van der Waals surface area contributed by atoms with Crippen molar-refractivity contribution in [1.82, 2.24) is 9.21 Å². The van der Waals surface area contributed by atoms with Gasteiger partial charge in [0.05, 0.1) is 6.26 Å². The minimum absolute atomic E-state index is 0.255. The predicted molar refractivity (Wildman–Crippen MR) is 77.4 cm³/mol. The molecule has 0 aromatic carbocycles. The van der Waals surface area contributed by atoms with E-state index < -0.39 is 10.0 Å². The molecule has 1 unspecified atom stereocenters. The molecule has 1 aliphatic carbocycles. The first kappa shape index (κ1) is 15.2. The van der Waals surface area contributed by atoms with Crippen LogP contribution in [0.4, 0.5) is 0 Å². The van der Waals surface area contributed by atoms with Gasteiger partial charge in [-0.05, 0) is 18.8 Å². The van der Waals surface area contributed by atoms with Crippen molar-refractivity contribution in [3.05, 3.63) is 0 Å². The van der Waals surface area contributed by atoms with Crippen LogP contribution in [0.15, 0.2) is 0 Å². The average Bonchev–Trinajstić information content (AvgIpc) is 2.39. The van der Waals surface area contributed by atoms with Gasteiger partial charge in [0.1, 0.15) is 0 Å². The first-order valence-electron chi connectivity index (χ1n) is 7.40. The second-order valence-corrected chi connectivity index (χ2v) is 8.01. The average molecular weight is 289 g/mol. The van der Waals surface area contributed by atoms with Crippen LogP contribution in [0.1, 0.15) is 32.1 Å². The van der Waals surface area contributed by atoms with Crippen LogP contribution in [0.3, 0.4) is 0 Å². The van der Waals surface area contributed by atoms with E-state index in [1.54, 1.807) is 4.31 Å². The SMILES string of the molecule is CS(=O)(=O)N1CCN(CC(N)C2CCCCC2)CC1. The van der Waals surface area contributed by atoms with Gasteiger partial charge in [0.2, 0.25) is 10.0 Å². The molecule has 0 radical (unpaired) electrons. The van der Waals surface area contributed by atoms with Gasteiger partial charge in [-0.3, -0.25) is 4.90 Å². The summed E-state index contributed by atoms with van der Waals surface area (Å²) in [6, 6.07) is 0.255. The lowest BCUT2D eigenvalue weighted by Gasteiger charge is -2.37. The van der Waals surface area contributed by atoms with Crippen molar-refractivity contribution >= 4 is 10.0 Å². The highest BCUT2D eigenvalue weighted by Gasteiger charge is 2.27. The molecule has 1 atom stereocenters. The molecule has 0 aromatic rings. The summed E-state index contributed by atoms with van der Waals surface area (Å²) in [4.78, 5) is 2.32. The summed E-state index contributed by atoms with van der Waals surface area (Å²) in [5.41, 5.74) is 6.33. The van der Waals surface area contributed by atoms with Crippen LogP contribution < -0.4 is 5.73 Å². The van der Waals surface area contributed by atoms with Crippen LogP contribution in [0, 0.1) is 5.92 Å². The van der Waals surface area contributed by atoms with Crippen molar-refractivity contribution in [3.8, 4) is 0 Å². The van der Waals surface area contributed by atoms with Crippen molar-refractivity contribution in [3.63, 3.8) is 0 Å². The highest BCUT2D eigenvalue weighted by molar-refractivity contribution is 7.88. The molecule has 6 heteroatoms. The summed E-state index contributed by atoms with van der Waals surface area (Å²) in [5, 5.41) is 0. The number of piperazine rings is 1. The summed E-state index contributed by atoms with van der Waals surface area (Å²) >= 11 is 0. The van der Waals surface area contributed by atoms with Crippen LogP contribution in [-0.4, -0.2) is 62.6 Å². The van der Waals surface area contributed by atoms with Gasteiger partial charge < -0.3 is 5.73 Å². The van der Waals surface area contributed by atoms with E-state index in [1.165, 1.54) is 38.4 Å². The van der Waals surface area contributed by atoms with E-state index in [0.717, 1.165) is 19.6 Å². The molecule has 1 saturated carbocycles. The van der Waals surface area contributed by atoms with Crippen molar-refractivity contribution < 1.29 is 8.42 Å². The van der Waals surface area contributed by atoms with Crippen molar-refractivity contribution in [2.24, 2.45) is 11.7 Å². The molecule has 19 heavy (non-hydrogen) atoms. The zero-order valence-electron chi connectivity index (χ0n) is 11.9. The molecular weight excluding hydrogens is 262 g/mol. The summed E-state index contributed by atoms with van der Waals surface area (Å²) in [6.07, 6.45) is 7.82. The van der Waals surface area contributed by atoms with E-state index in [2.05, 4.69) is 4.90 Å². The van der Waals surface area contributed by atoms with Crippen molar-refractivity contribution in [1.29, 1.82) is 0 Å². The maximum atomic E-state index is 11.4. The monoisotopic (exact) mass is 289 g/mol. The Morgan fingerprint density at radius 3 is 2.21 bits per heavy atom. The Hall–Kier alpha value is -0.170. The zero-order chi connectivity index (χ0) is 13.9. The largest absolute Gasteiger partial charge is 0.326 e. The summed E-state index contributed by atoms with van der Waals surface area (Å²) < 4.78 is 24.5. The van der Waals surface area contributed by atoms with E-state index in [0.29, 0.717) is 19.0 Å². The van der Waals surface area contributed by atoms with E-state index in [4.69, 9.17) is 5.73 Å². The van der Waals surface area contributed by atoms with Crippen LogP contribution in [0.2, 0.25) is 0 Å². The molecule has 1 aliphatic heterocycles. The molecule has 0 spiro atoms. The van der Waals surface area contributed by atoms with Gasteiger partial charge in [-0.1, -0.05) is 19.3 Å². The molecular formula is C13H27N3O2S. The van der Waals surface area contributed by atoms with E-state index >= 15 is 0 Å². The van der Waals surface area contributed by atoms with Crippen molar-refractivity contribution in [2.45, 2.75) is 38.1 Å². The predicted octanol–water partition coefficient (Wildman–Crippen LogP) is 0.471. The molecule has 2 fully saturated rings. The lowest BCUT2D eigenvalue weighted by Crippen LogP contribution is -2.52. The van der Waals surface area contributed by atoms with Gasteiger partial charge in [0, 0.05) is 38.8 Å².